The Bertz CT molecular complexity index is 576. The van der Waals surface area contributed by atoms with Crippen LogP contribution in [0.2, 0.25) is 0 Å². The highest BCUT2D eigenvalue weighted by atomic mass is 16.5. The molecule has 1 aromatic carbocycles. The second kappa shape index (κ2) is 6.52. The summed E-state index contributed by atoms with van der Waals surface area (Å²) >= 11 is 0. The maximum Gasteiger partial charge on any atom is 0.341 e. The number of rotatable bonds is 4. The molecule has 0 spiro atoms. The van der Waals surface area contributed by atoms with Gasteiger partial charge in [0.25, 0.3) is 0 Å². The van der Waals surface area contributed by atoms with Crippen LogP contribution in [-0.2, 0) is 9.53 Å². The van der Waals surface area contributed by atoms with Gasteiger partial charge in [-0.1, -0.05) is 6.42 Å². The topological polar surface area (TPSA) is 80.7 Å². The van der Waals surface area contributed by atoms with E-state index in [1.165, 1.54) is 25.3 Å². The molecular weight excluding hydrogens is 272 g/mol. The molecule has 0 aromatic heterocycles. The third-order valence-corrected chi connectivity index (χ3v) is 3.84. The molecule has 112 valence electrons. The lowest BCUT2D eigenvalue weighted by atomic mass is 9.83. The summed E-state index contributed by atoms with van der Waals surface area (Å²) < 4.78 is 4.55. The van der Waals surface area contributed by atoms with Gasteiger partial charge in [0, 0.05) is 24.3 Å². The van der Waals surface area contributed by atoms with E-state index in [0.717, 1.165) is 19.3 Å². The molecule has 0 bridgehead atoms. The quantitative estimate of drug-likeness (QED) is 0.680. The number of hydrogen-bond acceptors (Lipinski definition) is 5. The van der Waals surface area contributed by atoms with Gasteiger partial charge in [-0.05, 0) is 31.0 Å². The van der Waals surface area contributed by atoms with Crippen molar-refractivity contribution < 1.29 is 24.2 Å². The summed E-state index contributed by atoms with van der Waals surface area (Å²) in [7, 11) is 1.21. The molecule has 0 heterocycles. The highest BCUT2D eigenvalue weighted by molar-refractivity contribution is 6.02. The molecule has 1 fully saturated rings. The molecule has 0 aliphatic heterocycles. The number of carbonyl (C=O) groups excluding carboxylic acids is 3. The van der Waals surface area contributed by atoms with Crippen molar-refractivity contribution >= 4 is 17.5 Å². The first kappa shape index (κ1) is 15.2. The number of ether oxygens (including phenoxy) is 1. The highest BCUT2D eigenvalue weighted by Gasteiger charge is 2.25. The zero-order valence-electron chi connectivity index (χ0n) is 11.9. The van der Waals surface area contributed by atoms with Crippen molar-refractivity contribution in [1.29, 1.82) is 0 Å². The number of hydrogen-bond donors (Lipinski definition) is 1. The van der Waals surface area contributed by atoms with Crippen LogP contribution in [-0.4, -0.2) is 29.8 Å². The van der Waals surface area contributed by atoms with E-state index in [1.54, 1.807) is 0 Å². The van der Waals surface area contributed by atoms with Crippen LogP contribution in [0.25, 0.3) is 0 Å². The fourth-order valence-corrected chi connectivity index (χ4v) is 2.60. The van der Waals surface area contributed by atoms with Crippen molar-refractivity contribution in [2.45, 2.75) is 32.1 Å². The summed E-state index contributed by atoms with van der Waals surface area (Å²) in [6.07, 6.45) is 3.31. The molecule has 0 saturated heterocycles. The molecule has 2 rings (SSSR count). The summed E-state index contributed by atoms with van der Waals surface area (Å²) in [6, 6.07) is 4.07. The van der Waals surface area contributed by atoms with Crippen molar-refractivity contribution in [1.82, 2.24) is 0 Å². The molecule has 5 heteroatoms. The zero-order valence-corrected chi connectivity index (χ0v) is 11.9. The minimum absolute atomic E-state index is 0.0432. The summed E-state index contributed by atoms with van der Waals surface area (Å²) in [4.78, 5) is 35.5. The number of Topliss-reactive ketones (excluding diaryl/α,β-unsaturated/α-hetero) is 2. The molecule has 1 aliphatic carbocycles. The van der Waals surface area contributed by atoms with E-state index in [1.807, 2.05) is 0 Å². The summed E-state index contributed by atoms with van der Waals surface area (Å²) in [5.74, 6) is -1.20. The molecule has 0 radical (unpaired) electrons. The van der Waals surface area contributed by atoms with Crippen molar-refractivity contribution in [3.05, 3.63) is 29.3 Å². The smallest absolute Gasteiger partial charge is 0.341 e. The van der Waals surface area contributed by atoms with Gasteiger partial charge in [0.05, 0.1) is 7.11 Å². The van der Waals surface area contributed by atoms with Crippen molar-refractivity contribution in [2.75, 3.05) is 7.11 Å². The Morgan fingerprint density at radius 1 is 1.33 bits per heavy atom. The van der Waals surface area contributed by atoms with Crippen LogP contribution in [0.1, 0.15) is 52.8 Å². The first-order valence-corrected chi connectivity index (χ1v) is 7.00. The zero-order chi connectivity index (χ0) is 15.4. The van der Waals surface area contributed by atoms with E-state index in [0.29, 0.717) is 12.0 Å². The Labute approximate surface area is 122 Å². The predicted octanol–water partition coefficient (Wildman–Crippen LogP) is 2.51. The predicted molar refractivity (Wildman–Crippen MR) is 75.4 cm³/mol. The van der Waals surface area contributed by atoms with Gasteiger partial charge in [0.1, 0.15) is 17.1 Å². The molecule has 1 atom stereocenters. The average molecular weight is 290 g/mol. The second-order valence-electron chi connectivity index (χ2n) is 5.26. The normalized spacial score (nSPS) is 18.3. The maximum absolute atomic E-state index is 12.2. The summed E-state index contributed by atoms with van der Waals surface area (Å²) in [5.41, 5.74) is 0.268. The molecule has 21 heavy (non-hydrogen) atoms. The monoisotopic (exact) mass is 290 g/mol. The number of carbonyl (C=O) groups is 3. The third-order valence-electron chi connectivity index (χ3n) is 3.84. The Balaban J connectivity index is 2.15. The standard InChI is InChI=1S/C16H18O5/c1-21-16(20)12-8-11(6-7-14(12)18)15(19)9-10-4-2-3-5-13(10)17/h6-8,10,18H,2-5,9H2,1H3/t10-/m0/s1. The molecule has 1 aliphatic rings. The van der Waals surface area contributed by atoms with Crippen LogP contribution in [0, 0.1) is 5.92 Å². The van der Waals surface area contributed by atoms with Gasteiger partial charge in [-0.25, -0.2) is 4.79 Å². The summed E-state index contributed by atoms with van der Waals surface area (Å²) in [6.45, 7) is 0. The minimum Gasteiger partial charge on any atom is -0.507 e. The molecule has 0 unspecified atom stereocenters. The first-order chi connectivity index (χ1) is 10.0. The van der Waals surface area contributed by atoms with Crippen LogP contribution < -0.4 is 0 Å². The second-order valence-corrected chi connectivity index (χ2v) is 5.26. The number of esters is 1. The lowest BCUT2D eigenvalue weighted by Gasteiger charge is -2.19. The largest absolute Gasteiger partial charge is 0.507 e. The third kappa shape index (κ3) is 3.48. The minimum atomic E-state index is -0.698. The van der Waals surface area contributed by atoms with Gasteiger partial charge >= 0.3 is 5.97 Å². The summed E-state index contributed by atoms with van der Waals surface area (Å²) in [5, 5.41) is 9.62. The van der Waals surface area contributed by atoms with Gasteiger partial charge in [-0.3, -0.25) is 9.59 Å². The van der Waals surface area contributed by atoms with E-state index >= 15 is 0 Å². The highest BCUT2D eigenvalue weighted by Crippen LogP contribution is 2.26. The van der Waals surface area contributed by atoms with Crippen LogP contribution in [0.5, 0.6) is 5.75 Å². The van der Waals surface area contributed by atoms with E-state index in [-0.39, 0.29) is 35.2 Å². The molecule has 1 aromatic rings. The van der Waals surface area contributed by atoms with Crippen molar-refractivity contribution in [3.8, 4) is 5.75 Å². The molecular formula is C16H18O5. The Morgan fingerprint density at radius 3 is 2.76 bits per heavy atom. The molecule has 5 nitrogen and oxygen atoms in total. The first-order valence-electron chi connectivity index (χ1n) is 7.00. The van der Waals surface area contributed by atoms with E-state index < -0.39 is 5.97 Å². The van der Waals surface area contributed by atoms with Gasteiger partial charge in [-0.15, -0.1) is 0 Å². The van der Waals surface area contributed by atoms with Crippen molar-refractivity contribution in [3.63, 3.8) is 0 Å². The molecule has 1 N–H and O–H groups in total. The number of benzene rings is 1. The van der Waals surface area contributed by atoms with Crippen molar-refractivity contribution in [2.24, 2.45) is 5.92 Å². The van der Waals surface area contributed by atoms with Crippen LogP contribution in [0.3, 0.4) is 0 Å². The van der Waals surface area contributed by atoms with E-state index in [4.69, 9.17) is 0 Å². The van der Waals surface area contributed by atoms with Gasteiger partial charge < -0.3 is 9.84 Å². The van der Waals surface area contributed by atoms with Crippen LogP contribution in [0.4, 0.5) is 0 Å². The van der Waals surface area contributed by atoms with E-state index in [2.05, 4.69) is 4.74 Å². The number of ketones is 2. The lowest BCUT2D eigenvalue weighted by Crippen LogP contribution is -2.22. The van der Waals surface area contributed by atoms with E-state index in [9.17, 15) is 19.5 Å². The fourth-order valence-electron chi connectivity index (χ4n) is 2.60. The Morgan fingerprint density at radius 2 is 2.10 bits per heavy atom. The Hall–Kier alpha value is -2.17. The van der Waals surface area contributed by atoms with Gasteiger partial charge in [-0.2, -0.15) is 0 Å². The van der Waals surface area contributed by atoms with Crippen LogP contribution >= 0.6 is 0 Å². The Kier molecular flexibility index (Phi) is 4.73. The average Bonchev–Trinajstić information content (AvgIpc) is 2.49. The number of phenolic OH excluding ortho intramolecular Hbond substituents is 1. The number of phenols is 1. The molecule has 1 saturated carbocycles. The SMILES string of the molecule is COC(=O)c1cc(C(=O)C[C@@H]2CCCCC2=O)ccc1O. The maximum atomic E-state index is 12.2. The molecule has 0 amide bonds. The fraction of sp³-hybridized carbons (Fsp3) is 0.438. The number of methoxy groups -OCH3 is 1. The van der Waals surface area contributed by atoms with Gasteiger partial charge in [0.2, 0.25) is 0 Å². The number of aromatic hydroxyl groups is 1. The van der Waals surface area contributed by atoms with Gasteiger partial charge in [0.15, 0.2) is 5.78 Å². The lowest BCUT2D eigenvalue weighted by molar-refractivity contribution is -0.124. The van der Waals surface area contributed by atoms with Crippen LogP contribution in [0.15, 0.2) is 18.2 Å².